The summed E-state index contributed by atoms with van der Waals surface area (Å²) in [7, 11) is 1.67. The molecule has 0 unspecified atom stereocenters. The molecule has 0 saturated carbocycles. The van der Waals surface area contributed by atoms with Gasteiger partial charge in [-0.3, -0.25) is 14.3 Å². The van der Waals surface area contributed by atoms with Crippen LogP contribution >= 0.6 is 0 Å². The van der Waals surface area contributed by atoms with Gasteiger partial charge in [0.05, 0.1) is 6.54 Å². The van der Waals surface area contributed by atoms with Gasteiger partial charge in [0, 0.05) is 38.0 Å². The largest absolute Gasteiger partial charge is 0.354 e. The molecule has 0 saturated heterocycles. The summed E-state index contributed by atoms with van der Waals surface area (Å²) >= 11 is 0. The molecule has 0 aliphatic heterocycles. The number of hydrogen-bond donors (Lipinski definition) is 1. The number of carbonyl (C=O) groups is 1. The molecule has 7 nitrogen and oxygen atoms in total. The van der Waals surface area contributed by atoms with Gasteiger partial charge in [0.2, 0.25) is 5.91 Å². The Morgan fingerprint density at radius 3 is 2.91 bits per heavy atom. The zero-order valence-corrected chi connectivity index (χ0v) is 13.0. The fourth-order valence-electron chi connectivity index (χ4n) is 2.11. The van der Waals surface area contributed by atoms with Crippen LogP contribution in [-0.2, 0) is 18.4 Å². The minimum Gasteiger partial charge on any atom is -0.354 e. The van der Waals surface area contributed by atoms with E-state index in [0.29, 0.717) is 25.3 Å². The van der Waals surface area contributed by atoms with Crippen LogP contribution in [-0.4, -0.2) is 31.8 Å². The zero-order chi connectivity index (χ0) is 15.9. The van der Waals surface area contributed by atoms with E-state index >= 15 is 0 Å². The maximum atomic E-state index is 12.1. The molecule has 0 fully saturated rings. The molecular weight excluding hydrogens is 282 g/mol. The van der Waals surface area contributed by atoms with Crippen LogP contribution in [0, 0.1) is 0 Å². The number of aromatic nitrogens is 4. The number of hydrogen-bond acceptors (Lipinski definition) is 4. The second kappa shape index (κ2) is 7.53. The molecular formula is C15H21N5O2. The van der Waals surface area contributed by atoms with Crippen LogP contribution in [0.2, 0.25) is 0 Å². The first-order valence-electron chi connectivity index (χ1n) is 7.44. The molecule has 0 atom stereocenters. The van der Waals surface area contributed by atoms with Crippen LogP contribution in [0.4, 0.5) is 0 Å². The van der Waals surface area contributed by atoms with Gasteiger partial charge in [-0.1, -0.05) is 13.3 Å². The Hall–Kier alpha value is -2.44. The highest BCUT2D eigenvalue weighted by atomic mass is 16.2. The zero-order valence-electron chi connectivity index (χ0n) is 13.0. The third-order valence-electron chi connectivity index (χ3n) is 3.36. The van der Waals surface area contributed by atoms with Crippen LogP contribution in [0.1, 0.15) is 26.2 Å². The van der Waals surface area contributed by atoms with Crippen molar-refractivity contribution < 1.29 is 4.79 Å². The first kappa shape index (κ1) is 15.9. The lowest BCUT2D eigenvalue weighted by atomic mass is 10.2. The van der Waals surface area contributed by atoms with E-state index in [9.17, 15) is 9.59 Å². The summed E-state index contributed by atoms with van der Waals surface area (Å²) in [6.45, 7) is 2.79. The van der Waals surface area contributed by atoms with Crippen LogP contribution < -0.4 is 11.0 Å². The number of unbranched alkanes of at least 4 members (excludes halogenated alkanes) is 1. The second-order valence-electron chi connectivity index (χ2n) is 5.08. The molecule has 0 aliphatic carbocycles. The van der Waals surface area contributed by atoms with Crippen molar-refractivity contribution in [3.63, 3.8) is 0 Å². The smallest absolute Gasteiger partial charge is 0.345 e. The van der Waals surface area contributed by atoms with Crippen molar-refractivity contribution in [2.45, 2.75) is 32.7 Å². The van der Waals surface area contributed by atoms with Gasteiger partial charge in [0.1, 0.15) is 0 Å². The van der Waals surface area contributed by atoms with Gasteiger partial charge in [0.15, 0.2) is 5.82 Å². The molecule has 2 aromatic heterocycles. The maximum Gasteiger partial charge on any atom is 0.345 e. The van der Waals surface area contributed by atoms with E-state index in [2.05, 4.69) is 15.4 Å². The van der Waals surface area contributed by atoms with Crippen LogP contribution in [0.5, 0.6) is 0 Å². The summed E-state index contributed by atoms with van der Waals surface area (Å²) in [4.78, 5) is 27.7. The van der Waals surface area contributed by atoms with E-state index < -0.39 is 0 Å². The Labute approximate surface area is 129 Å². The second-order valence-corrected chi connectivity index (χ2v) is 5.08. The predicted octanol–water partition coefficient (Wildman–Crippen LogP) is 0.950. The Morgan fingerprint density at radius 1 is 1.41 bits per heavy atom. The molecule has 2 rings (SSSR count). The maximum absolute atomic E-state index is 12.1. The summed E-state index contributed by atoms with van der Waals surface area (Å²) in [6, 6.07) is 3.65. The number of rotatable bonds is 7. The first-order valence-corrected chi connectivity index (χ1v) is 7.44. The topological polar surface area (TPSA) is 81.8 Å². The van der Waals surface area contributed by atoms with Gasteiger partial charge in [-0.25, -0.2) is 9.48 Å². The molecule has 1 N–H and O–H groups in total. The van der Waals surface area contributed by atoms with E-state index in [1.165, 1.54) is 9.25 Å². The molecule has 0 aliphatic rings. The van der Waals surface area contributed by atoms with E-state index in [-0.39, 0.29) is 11.6 Å². The Balaban J connectivity index is 2.01. The third-order valence-corrected chi connectivity index (χ3v) is 3.36. The van der Waals surface area contributed by atoms with Crippen molar-refractivity contribution in [3.05, 3.63) is 35.0 Å². The SMILES string of the molecule is CCCCC(=O)NCCn1nc(-c2cccnc2)n(C)c1=O. The van der Waals surface area contributed by atoms with Gasteiger partial charge < -0.3 is 5.32 Å². The highest BCUT2D eigenvalue weighted by Gasteiger charge is 2.12. The number of nitrogens with one attached hydrogen (secondary N) is 1. The molecule has 118 valence electrons. The lowest BCUT2D eigenvalue weighted by Gasteiger charge is -2.03. The van der Waals surface area contributed by atoms with E-state index in [0.717, 1.165) is 18.4 Å². The van der Waals surface area contributed by atoms with E-state index in [1.54, 1.807) is 25.5 Å². The highest BCUT2D eigenvalue weighted by Crippen LogP contribution is 2.12. The summed E-state index contributed by atoms with van der Waals surface area (Å²) in [5.41, 5.74) is 0.578. The first-order chi connectivity index (χ1) is 10.6. The molecule has 22 heavy (non-hydrogen) atoms. The highest BCUT2D eigenvalue weighted by molar-refractivity contribution is 5.75. The molecule has 0 aromatic carbocycles. The molecule has 0 bridgehead atoms. The van der Waals surface area contributed by atoms with Crippen molar-refractivity contribution in [2.75, 3.05) is 6.54 Å². The minimum absolute atomic E-state index is 0.0123. The van der Waals surface area contributed by atoms with Crippen LogP contribution in [0.3, 0.4) is 0 Å². The van der Waals surface area contributed by atoms with Crippen molar-refractivity contribution >= 4 is 5.91 Å². The lowest BCUT2D eigenvalue weighted by molar-refractivity contribution is -0.121. The lowest BCUT2D eigenvalue weighted by Crippen LogP contribution is -2.31. The van der Waals surface area contributed by atoms with Gasteiger partial charge >= 0.3 is 5.69 Å². The molecule has 2 aromatic rings. The summed E-state index contributed by atoms with van der Waals surface area (Å²) in [6.07, 6.45) is 5.72. The Bertz CT molecular complexity index is 675. The standard InChI is InChI=1S/C15H21N5O2/c1-3-4-7-13(21)17-9-10-20-15(22)19(2)14(18-20)12-6-5-8-16-11-12/h5-6,8,11H,3-4,7,9-10H2,1-2H3,(H,17,21). The molecule has 0 radical (unpaired) electrons. The third kappa shape index (κ3) is 3.81. The fraction of sp³-hybridized carbons (Fsp3) is 0.467. The Morgan fingerprint density at radius 2 is 2.23 bits per heavy atom. The van der Waals surface area contributed by atoms with Gasteiger partial charge in [-0.2, -0.15) is 0 Å². The van der Waals surface area contributed by atoms with Gasteiger partial charge in [0.25, 0.3) is 0 Å². The normalized spacial score (nSPS) is 10.6. The molecule has 1 amide bonds. The number of carbonyl (C=O) groups excluding carboxylic acids is 1. The minimum atomic E-state index is -0.207. The summed E-state index contributed by atoms with van der Waals surface area (Å²) < 4.78 is 2.85. The van der Waals surface area contributed by atoms with E-state index in [4.69, 9.17) is 0 Å². The van der Waals surface area contributed by atoms with Crippen LogP contribution in [0.25, 0.3) is 11.4 Å². The van der Waals surface area contributed by atoms with Gasteiger partial charge in [-0.05, 0) is 18.6 Å². The summed E-state index contributed by atoms with van der Waals surface area (Å²) in [5, 5.41) is 7.12. The molecule has 2 heterocycles. The van der Waals surface area contributed by atoms with E-state index in [1.807, 2.05) is 13.0 Å². The van der Waals surface area contributed by atoms with Crippen molar-refractivity contribution in [1.29, 1.82) is 0 Å². The Kier molecular flexibility index (Phi) is 5.46. The average molecular weight is 303 g/mol. The summed E-state index contributed by atoms with van der Waals surface area (Å²) in [5.74, 6) is 0.578. The van der Waals surface area contributed by atoms with Crippen molar-refractivity contribution in [2.24, 2.45) is 7.05 Å². The number of pyridine rings is 1. The van der Waals surface area contributed by atoms with Crippen molar-refractivity contribution in [3.8, 4) is 11.4 Å². The molecule has 7 heteroatoms. The quantitative estimate of drug-likeness (QED) is 0.825. The van der Waals surface area contributed by atoms with Crippen LogP contribution in [0.15, 0.2) is 29.3 Å². The average Bonchev–Trinajstić information content (AvgIpc) is 2.82. The van der Waals surface area contributed by atoms with Crippen molar-refractivity contribution in [1.82, 2.24) is 24.6 Å². The number of nitrogens with zero attached hydrogens (tertiary/aromatic N) is 4. The molecule has 0 spiro atoms. The predicted molar refractivity (Wildman–Crippen MR) is 83.2 cm³/mol. The van der Waals surface area contributed by atoms with Gasteiger partial charge in [-0.15, -0.1) is 5.10 Å². The monoisotopic (exact) mass is 303 g/mol. The fourth-order valence-corrected chi connectivity index (χ4v) is 2.11. The number of amides is 1.